The van der Waals surface area contributed by atoms with Crippen LogP contribution >= 0.6 is 23.2 Å². The van der Waals surface area contributed by atoms with E-state index in [-0.39, 0.29) is 5.69 Å². The third-order valence-corrected chi connectivity index (χ3v) is 3.30. The highest BCUT2D eigenvalue weighted by Gasteiger charge is 2.08. The Hall–Kier alpha value is -2.35. The highest BCUT2D eigenvalue weighted by molar-refractivity contribution is 6.36. The third kappa shape index (κ3) is 3.60. The number of non-ortho nitro benzene ring substituents is 1. The van der Waals surface area contributed by atoms with Gasteiger partial charge in [0.1, 0.15) is 0 Å². The zero-order valence-corrected chi connectivity index (χ0v) is 12.1. The van der Waals surface area contributed by atoms with E-state index in [4.69, 9.17) is 23.2 Å². The van der Waals surface area contributed by atoms with Crippen LogP contribution in [-0.2, 0) is 0 Å². The summed E-state index contributed by atoms with van der Waals surface area (Å²) >= 11 is 11.9. The quantitative estimate of drug-likeness (QED) is 0.347. The van der Waals surface area contributed by atoms with Gasteiger partial charge in [-0.25, -0.2) is 0 Å². The van der Waals surface area contributed by atoms with Crippen molar-refractivity contribution in [2.45, 2.75) is 0 Å². The van der Waals surface area contributed by atoms with Crippen LogP contribution in [0.15, 0.2) is 42.5 Å². The van der Waals surface area contributed by atoms with Crippen LogP contribution in [0.4, 0.5) is 5.69 Å². The molecule has 0 aromatic heterocycles. The predicted octanol–water partition coefficient (Wildman–Crippen LogP) is 4.97. The summed E-state index contributed by atoms with van der Waals surface area (Å²) in [5.74, 6) is 0. The van der Waals surface area contributed by atoms with Gasteiger partial charge in [-0.3, -0.25) is 10.1 Å². The second-order valence-corrected chi connectivity index (χ2v) is 4.99. The molecule has 6 heteroatoms. The standard InChI is InChI=1S/C15H8Cl2N2O2/c16-12-3-6-14(15(17)8-12)11(9-18)7-10-1-4-13(5-2-10)19(20)21/h1-8H/b11-7+. The Kier molecular flexibility index (Phi) is 4.59. The van der Waals surface area contributed by atoms with Crippen LogP contribution in [0.5, 0.6) is 0 Å². The molecule has 0 spiro atoms. The van der Waals surface area contributed by atoms with Gasteiger partial charge in [0, 0.05) is 22.7 Å². The lowest BCUT2D eigenvalue weighted by atomic mass is 10.0. The average Bonchev–Trinajstić information content (AvgIpc) is 2.46. The van der Waals surface area contributed by atoms with Crippen molar-refractivity contribution in [3.05, 3.63) is 73.8 Å². The van der Waals surface area contributed by atoms with E-state index in [0.717, 1.165) is 0 Å². The number of allylic oxidation sites excluding steroid dienone is 1. The molecule has 2 aromatic carbocycles. The van der Waals surface area contributed by atoms with Gasteiger partial charge in [-0.15, -0.1) is 0 Å². The van der Waals surface area contributed by atoms with Crippen LogP contribution in [0.2, 0.25) is 10.0 Å². The molecule has 0 saturated carbocycles. The van der Waals surface area contributed by atoms with Crippen LogP contribution in [-0.4, -0.2) is 4.92 Å². The Morgan fingerprint density at radius 2 is 1.86 bits per heavy atom. The zero-order chi connectivity index (χ0) is 15.4. The fourth-order valence-electron chi connectivity index (χ4n) is 1.74. The van der Waals surface area contributed by atoms with E-state index in [9.17, 15) is 15.4 Å². The number of nitro benzene ring substituents is 1. The maximum absolute atomic E-state index is 10.6. The highest BCUT2D eigenvalue weighted by Crippen LogP contribution is 2.28. The molecule has 0 aliphatic carbocycles. The maximum atomic E-state index is 10.6. The monoisotopic (exact) mass is 318 g/mol. The molecule has 0 heterocycles. The molecule has 0 saturated heterocycles. The Morgan fingerprint density at radius 1 is 1.19 bits per heavy atom. The molecule has 104 valence electrons. The van der Waals surface area contributed by atoms with Gasteiger partial charge in [0.25, 0.3) is 5.69 Å². The van der Waals surface area contributed by atoms with Crippen LogP contribution in [0.3, 0.4) is 0 Å². The first kappa shape index (κ1) is 15.0. The fourth-order valence-corrected chi connectivity index (χ4v) is 2.25. The number of rotatable bonds is 3. The minimum absolute atomic E-state index is 0.00446. The van der Waals surface area contributed by atoms with Crippen LogP contribution in [0.25, 0.3) is 11.6 Å². The Morgan fingerprint density at radius 3 is 2.38 bits per heavy atom. The number of hydrogen-bond donors (Lipinski definition) is 0. The molecule has 2 aromatic rings. The van der Waals surface area contributed by atoms with Gasteiger partial charge < -0.3 is 0 Å². The SMILES string of the molecule is N#C/C(=C\c1ccc([N+](=O)[O-])cc1)c1ccc(Cl)cc1Cl. The van der Waals surface area contributed by atoms with Crippen molar-refractivity contribution in [3.63, 3.8) is 0 Å². The number of benzene rings is 2. The summed E-state index contributed by atoms with van der Waals surface area (Å²) in [5.41, 5.74) is 1.57. The number of nitrogens with zero attached hydrogens (tertiary/aromatic N) is 2. The summed E-state index contributed by atoms with van der Waals surface area (Å²) in [7, 11) is 0. The second-order valence-electron chi connectivity index (χ2n) is 4.14. The van der Waals surface area contributed by atoms with E-state index < -0.39 is 4.92 Å². The van der Waals surface area contributed by atoms with Crippen molar-refractivity contribution < 1.29 is 4.92 Å². The molecule has 0 fully saturated rings. The normalized spacial score (nSPS) is 11.0. The van der Waals surface area contributed by atoms with Crippen molar-refractivity contribution in [1.82, 2.24) is 0 Å². The lowest BCUT2D eigenvalue weighted by Gasteiger charge is -2.03. The van der Waals surface area contributed by atoms with Gasteiger partial charge in [-0.2, -0.15) is 5.26 Å². The largest absolute Gasteiger partial charge is 0.269 e. The van der Waals surface area contributed by atoms with Gasteiger partial charge in [-0.1, -0.05) is 29.3 Å². The first-order chi connectivity index (χ1) is 10.0. The molecule has 0 unspecified atom stereocenters. The lowest BCUT2D eigenvalue weighted by Crippen LogP contribution is -1.87. The fraction of sp³-hybridized carbons (Fsp3) is 0. The van der Waals surface area contributed by atoms with Gasteiger partial charge in [0.2, 0.25) is 0 Å². The zero-order valence-electron chi connectivity index (χ0n) is 10.6. The molecule has 0 radical (unpaired) electrons. The molecule has 0 amide bonds. The molecule has 0 N–H and O–H groups in total. The average molecular weight is 319 g/mol. The number of nitriles is 1. The summed E-state index contributed by atoms with van der Waals surface area (Å²) in [6.45, 7) is 0. The van der Waals surface area contributed by atoms with E-state index in [1.54, 1.807) is 36.4 Å². The Labute approximate surface area is 131 Å². The Bertz CT molecular complexity index is 762. The predicted molar refractivity (Wildman–Crippen MR) is 83.0 cm³/mol. The minimum atomic E-state index is -0.477. The summed E-state index contributed by atoms with van der Waals surface area (Å²) in [4.78, 5) is 10.1. The smallest absolute Gasteiger partial charge is 0.258 e. The van der Waals surface area contributed by atoms with Gasteiger partial charge >= 0.3 is 0 Å². The summed E-state index contributed by atoms with van der Waals surface area (Å²) < 4.78 is 0. The van der Waals surface area contributed by atoms with Gasteiger partial charge in [0.15, 0.2) is 0 Å². The number of nitro groups is 1. The van der Waals surface area contributed by atoms with E-state index in [0.29, 0.717) is 26.7 Å². The van der Waals surface area contributed by atoms with Crippen molar-refractivity contribution in [1.29, 1.82) is 5.26 Å². The van der Waals surface area contributed by atoms with Crippen molar-refractivity contribution in [2.75, 3.05) is 0 Å². The van der Waals surface area contributed by atoms with E-state index in [1.165, 1.54) is 12.1 Å². The highest BCUT2D eigenvalue weighted by atomic mass is 35.5. The summed E-state index contributed by atoms with van der Waals surface area (Å²) in [5, 5.41) is 20.7. The van der Waals surface area contributed by atoms with Crippen molar-refractivity contribution in [3.8, 4) is 6.07 Å². The molecule has 0 atom stereocenters. The summed E-state index contributed by atoms with van der Waals surface area (Å²) in [6.07, 6.45) is 1.61. The first-order valence-electron chi connectivity index (χ1n) is 5.83. The molecule has 2 rings (SSSR count). The number of halogens is 2. The van der Waals surface area contributed by atoms with Crippen LogP contribution in [0.1, 0.15) is 11.1 Å². The third-order valence-electron chi connectivity index (χ3n) is 2.76. The number of hydrogen-bond acceptors (Lipinski definition) is 3. The van der Waals surface area contributed by atoms with Crippen molar-refractivity contribution >= 4 is 40.5 Å². The van der Waals surface area contributed by atoms with Gasteiger partial charge in [-0.05, 0) is 35.9 Å². The van der Waals surface area contributed by atoms with Crippen molar-refractivity contribution in [2.24, 2.45) is 0 Å². The molecule has 0 aliphatic heterocycles. The maximum Gasteiger partial charge on any atom is 0.269 e. The molecular weight excluding hydrogens is 311 g/mol. The van der Waals surface area contributed by atoms with E-state index in [1.807, 2.05) is 0 Å². The topological polar surface area (TPSA) is 66.9 Å². The van der Waals surface area contributed by atoms with Crippen LogP contribution < -0.4 is 0 Å². The summed E-state index contributed by atoms with van der Waals surface area (Å²) in [6, 6.07) is 12.8. The molecule has 0 bridgehead atoms. The van der Waals surface area contributed by atoms with E-state index in [2.05, 4.69) is 6.07 Å². The van der Waals surface area contributed by atoms with Crippen LogP contribution in [0, 0.1) is 21.4 Å². The van der Waals surface area contributed by atoms with E-state index >= 15 is 0 Å². The molecule has 21 heavy (non-hydrogen) atoms. The second kappa shape index (κ2) is 6.40. The first-order valence-corrected chi connectivity index (χ1v) is 6.58. The molecule has 0 aliphatic rings. The lowest BCUT2D eigenvalue weighted by molar-refractivity contribution is -0.384. The molecular formula is C15H8Cl2N2O2. The van der Waals surface area contributed by atoms with Gasteiger partial charge in [0.05, 0.1) is 21.6 Å². The Balaban J connectivity index is 2.41. The minimum Gasteiger partial charge on any atom is -0.258 e. The molecule has 4 nitrogen and oxygen atoms in total.